The van der Waals surface area contributed by atoms with Crippen LogP contribution in [-0.2, 0) is 10.8 Å². The predicted octanol–water partition coefficient (Wildman–Crippen LogP) is 8.43. The van der Waals surface area contributed by atoms with Gasteiger partial charge in [-0.05, 0) is 52.4 Å². The van der Waals surface area contributed by atoms with Gasteiger partial charge in [-0.25, -0.2) is 0 Å². The minimum absolute atomic E-state index is 0.157. The number of anilines is 1. The third-order valence-corrected chi connectivity index (χ3v) is 8.54. The molecule has 0 aliphatic carbocycles. The van der Waals surface area contributed by atoms with Crippen LogP contribution in [0.1, 0.15) is 45.7 Å². The molecule has 0 atom stereocenters. The first-order chi connectivity index (χ1) is 18.2. The molecule has 0 N–H and O–H groups in total. The summed E-state index contributed by atoms with van der Waals surface area (Å²) in [5.41, 5.74) is 6.02. The summed E-state index contributed by atoms with van der Waals surface area (Å²) in [6, 6.07) is 25.1. The van der Waals surface area contributed by atoms with Gasteiger partial charge in [0.05, 0.1) is 13.3 Å². The zero-order valence-electron chi connectivity index (χ0n) is 23.3. The number of nitrogens with zero attached hydrogens (tertiary/aromatic N) is 2. The van der Waals surface area contributed by atoms with E-state index in [0.717, 1.165) is 5.75 Å². The van der Waals surface area contributed by atoms with E-state index in [2.05, 4.69) is 136 Å². The SMILES string of the molecule is C=[N+]1c2ccc3ccccc3c2C(C)(C)[C-]1/C=C/C=C1/N(C)c2ccc3cccc(OCC)c3c2C1(C)C. The Bertz CT molecular complexity index is 1670. The quantitative estimate of drug-likeness (QED) is 0.206. The normalized spacial score (nSPS) is 18.7. The summed E-state index contributed by atoms with van der Waals surface area (Å²) < 4.78 is 8.19. The molecule has 6 rings (SSSR count). The van der Waals surface area contributed by atoms with Crippen molar-refractivity contribution in [3.05, 3.63) is 108 Å². The molecular formula is C35H36N2O. The van der Waals surface area contributed by atoms with Crippen molar-refractivity contribution in [2.75, 3.05) is 18.6 Å². The van der Waals surface area contributed by atoms with Crippen LogP contribution in [0.4, 0.5) is 11.4 Å². The van der Waals surface area contributed by atoms with Crippen LogP contribution >= 0.6 is 0 Å². The van der Waals surface area contributed by atoms with Gasteiger partial charge in [-0.1, -0.05) is 88.4 Å². The van der Waals surface area contributed by atoms with E-state index in [1.54, 1.807) is 0 Å². The van der Waals surface area contributed by atoms with Gasteiger partial charge in [0, 0.05) is 34.6 Å². The first kappa shape index (κ1) is 24.4. The van der Waals surface area contributed by atoms with E-state index < -0.39 is 0 Å². The van der Waals surface area contributed by atoms with Crippen molar-refractivity contribution < 1.29 is 9.31 Å². The highest BCUT2D eigenvalue weighted by molar-refractivity contribution is 5.99. The van der Waals surface area contributed by atoms with Gasteiger partial charge >= 0.3 is 0 Å². The van der Waals surface area contributed by atoms with Crippen molar-refractivity contribution in [3.8, 4) is 5.75 Å². The van der Waals surface area contributed by atoms with Gasteiger partial charge in [-0.2, -0.15) is 0 Å². The van der Waals surface area contributed by atoms with Crippen LogP contribution in [0.15, 0.2) is 90.7 Å². The fraction of sp³-hybridized carbons (Fsp3) is 0.257. The molecular weight excluding hydrogens is 464 g/mol. The molecule has 0 aromatic heterocycles. The maximum absolute atomic E-state index is 6.09. The largest absolute Gasteiger partial charge is 0.493 e. The average molecular weight is 501 g/mol. The van der Waals surface area contributed by atoms with E-state index in [-0.39, 0.29) is 10.8 Å². The second-order valence-corrected chi connectivity index (χ2v) is 11.5. The molecule has 0 fully saturated rings. The first-order valence-electron chi connectivity index (χ1n) is 13.5. The van der Waals surface area contributed by atoms with Gasteiger partial charge in [-0.3, -0.25) is 4.58 Å². The Balaban J connectivity index is 1.40. The molecule has 0 bridgehead atoms. The van der Waals surface area contributed by atoms with E-state index in [0.29, 0.717) is 6.61 Å². The van der Waals surface area contributed by atoms with Crippen LogP contribution in [0.2, 0.25) is 0 Å². The minimum atomic E-state index is -0.180. The molecule has 2 heterocycles. The van der Waals surface area contributed by atoms with Crippen molar-refractivity contribution in [2.45, 2.75) is 45.4 Å². The zero-order chi connectivity index (χ0) is 26.8. The van der Waals surface area contributed by atoms with Gasteiger partial charge in [0.15, 0.2) is 0 Å². The third-order valence-electron chi connectivity index (χ3n) is 8.54. The molecule has 0 spiro atoms. The van der Waals surface area contributed by atoms with Crippen LogP contribution in [0.5, 0.6) is 5.75 Å². The Morgan fingerprint density at radius 1 is 0.921 bits per heavy atom. The number of hydrogen-bond acceptors (Lipinski definition) is 2. The molecule has 4 aromatic rings. The van der Waals surface area contributed by atoms with Crippen LogP contribution in [0.3, 0.4) is 0 Å². The van der Waals surface area contributed by atoms with E-state index in [1.807, 2.05) is 6.92 Å². The topological polar surface area (TPSA) is 15.5 Å². The Morgan fingerprint density at radius 2 is 1.66 bits per heavy atom. The van der Waals surface area contributed by atoms with E-state index >= 15 is 0 Å². The van der Waals surface area contributed by atoms with Crippen molar-refractivity contribution in [2.24, 2.45) is 0 Å². The summed E-state index contributed by atoms with van der Waals surface area (Å²) in [7, 11) is 2.17. The molecule has 3 heteroatoms. The lowest BCUT2D eigenvalue weighted by atomic mass is 9.78. The second-order valence-electron chi connectivity index (χ2n) is 11.5. The molecule has 192 valence electrons. The number of benzene rings is 4. The molecule has 0 unspecified atom stereocenters. The lowest BCUT2D eigenvalue weighted by Gasteiger charge is -2.26. The molecule has 3 nitrogen and oxygen atoms in total. The smallest absolute Gasteiger partial charge is 0.136 e. The van der Waals surface area contributed by atoms with Gasteiger partial charge in [0.2, 0.25) is 0 Å². The maximum atomic E-state index is 6.09. The van der Waals surface area contributed by atoms with Crippen LogP contribution < -0.4 is 9.64 Å². The molecule has 2 aliphatic rings. The monoisotopic (exact) mass is 500 g/mol. The highest BCUT2D eigenvalue weighted by Gasteiger charge is 2.44. The summed E-state index contributed by atoms with van der Waals surface area (Å²) in [5.74, 6) is 0.959. The minimum Gasteiger partial charge on any atom is -0.493 e. The number of ether oxygens (including phenoxy) is 1. The summed E-state index contributed by atoms with van der Waals surface area (Å²) in [5, 5.41) is 5.00. The number of hydrogen-bond donors (Lipinski definition) is 0. The standard InChI is InChI=1S/C35H36N2O/c1-8-38-28-16-11-14-24-20-22-27-33(31(24)28)35(4,5)30(37(27)7)18-12-17-29-34(2,3)32-25-15-10-9-13-23(25)19-21-26(32)36(29)6/h9-22H,6,8H2,1-5,7H3/b17-12+,30-18+. The van der Waals surface area contributed by atoms with Gasteiger partial charge in [0.1, 0.15) is 17.5 Å². The lowest BCUT2D eigenvalue weighted by Crippen LogP contribution is -2.24. The highest BCUT2D eigenvalue weighted by Crippen LogP contribution is 2.53. The fourth-order valence-electron chi connectivity index (χ4n) is 6.79. The van der Waals surface area contributed by atoms with Gasteiger partial charge < -0.3 is 9.64 Å². The molecule has 2 aliphatic heterocycles. The second kappa shape index (κ2) is 8.52. The summed E-state index contributed by atoms with van der Waals surface area (Å²) >= 11 is 0. The maximum Gasteiger partial charge on any atom is 0.136 e. The molecule has 4 aromatic carbocycles. The molecule has 0 amide bonds. The molecule has 0 radical (unpaired) electrons. The molecule has 0 saturated carbocycles. The van der Waals surface area contributed by atoms with Crippen LogP contribution in [-0.4, -0.2) is 24.9 Å². The molecule has 0 saturated heterocycles. The first-order valence-corrected chi connectivity index (χ1v) is 13.5. The fourth-order valence-corrected chi connectivity index (χ4v) is 6.79. The van der Waals surface area contributed by atoms with Crippen molar-refractivity contribution in [3.63, 3.8) is 0 Å². The van der Waals surface area contributed by atoms with Crippen LogP contribution in [0, 0.1) is 6.04 Å². The van der Waals surface area contributed by atoms with Gasteiger partial charge in [-0.15, -0.1) is 6.08 Å². The lowest BCUT2D eigenvalue weighted by molar-refractivity contribution is -0.405. The Hall–Kier alpha value is -3.98. The Morgan fingerprint density at radius 3 is 2.45 bits per heavy atom. The van der Waals surface area contributed by atoms with E-state index in [1.165, 1.54) is 55.8 Å². The van der Waals surface area contributed by atoms with Crippen LogP contribution in [0.25, 0.3) is 21.5 Å². The van der Waals surface area contributed by atoms with Gasteiger partial charge in [0.25, 0.3) is 0 Å². The molecule has 38 heavy (non-hydrogen) atoms. The number of allylic oxidation sites excluding steroid dienone is 3. The van der Waals surface area contributed by atoms with Crippen molar-refractivity contribution in [1.29, 1.82) is 0 Å². The number of rotatable bonds is 4. The Labute approximate surface area is 226 Å². The van der Waals surface area contributed by atoms with Crippen molar-refractivity contribution in [1.82, 2.24) is 0 Å². The third kappa shape index (κ3) is 3.34. The van der Waals surface area contributed by atoms with E-state index in [9.17, 15) is 0 Å². The van der Waals surface area contributed by atoms with E-state index in [4.69, 9.17) is 4.74 Å². The number of likely N-dealkylation sites (N-methyl/N-ethyl adjacent to an activating group) is 1. The van der Waals surface area contributed by atoms with Crippen molar-refractivity contribution >= 4 is 39.6 Å². The summed E-state index contributed by atoms with van der Waals surface area (Å²) in [4.78, 5) is 2.33. The summed E-state index contributed by atoms with van der Waals surface area (Å²) in [6.07, 6.45) is 6.72. The zero-order valence-corrected chi connectivity index (χ0v) is 23.3. The number of fused-ring (bicyclic) bond motifs is 6. The summed E-state index contributed by atoms with van der Waals surface area (Å²) in [6.45, 7) is 16.4. The Kier molecular flexibility index (Phi) is 5.47. The predicted molar refractivity (Wildman–Crippen MR) is 161 cm³/mol. The highest BCUT2D eigenvalue weighted by atomic mass is 16.5. The average Bonchev–Trinajstić information content (AvgIpc) is 3.22.